The normalized spacial score (nSPS) is 10.9. The Morgan fingerprint density at radius 3 is 2.60 bits per heavy atom. The van der Waals surface area contributed by atoms with Crippen LogP contribution in [0.25, 0.3) is 0 Å². The summed E-state index contributed by atoms with van der Waals surface area (Å²) in [7, 11) is -0.500. The van der Waals surface area contributed by atoms with Crippen LogP contribution in [0, 0.1) is 18.3 Å². The number of carbonyl (C=O) groups is 1. The maximum atomic E-state index is 12.1. The second-order valence-electron chi connectivity index (χ2n) is 4.53. The zero-order valence-electron chi connectivity index (χ0n) is 11.7. The Labute approximate surface area is 119 Å². The van der Waals surface area contributed by atoms with E-state index >= 15 is 0 Å². The van der Waals surface area contributed by atoms with Crippen LogP contribution >= 0.6 is 0 Å². The standard InChI is InChI=1S/C13H17N3O3S/c1-10-4-5-11(9-14)8-12(10)20(18,19)15-7-6-13(17)16(2)3/h4-5,8,15H,6-7H2,1-3H3. The van der Waals surface area contributed by atoms with E-state index in [1.54, 1.807) is 33.2 Å². The van der Waals surface area contributed by atoms with Gasteiger partial charge < -0.3 is 4.90 Å². The zero-order chi connectivity index (χ0) is 15.3. The van der Waals surface area contributed by atoms with Gasteiger partial charge in [-0.15, -0.1) is 0 Å². The molecule has 1 aromatic carbocycles. The number of amides is 1. The molecule has 0 aliphatic carbocycles. The predicted molar refractivity (Wildman–Crippen MR) is 74.4 cm³/mol. The molecule has 1 rings (SSSR count). The van der Waals surface area contributed by atoms with E-state index in [9.17, 15) is 13.2 Å². The van der Waals surface area contributed by atoms with Crippen molar-refractivity contribution in [3.8, 4) is 6.07 Å². The lowest BCUT2D eigenvalue weighted by Gasteiger charge is -2.12. The molecule has 0 fully saturated rings. The highest BCUT2D eigenvalue weighted by atomic mass is 32.2. The van der Waals surface area contributed by atoms with Crippen molar-refractivity contribution in [2.24, 2.45) is 0 Å². The minimum Gasteiger partial charge on any atom is -0.349 e. The lowest BCUT2D eigenvalue weighted by molar-refractivity contribution is -0.128. The molecule has 1 N–H and O–H groups in total. The van der Waals surface area contributed by atoms with E-state index in [0.29, 0.717) is 5.56 Å². The molecule has 20 heavy (non-hydrogen) atoms. The quantitative estimate of drug-likeness (QED) is 0.862. The Bertz CT molecular complexity index is 645. The molecule has 0 aliphatic heterocycles. The van der Waals surface area contributed by atoms with Crippen LogP contribution in [0.1, 0.15) is 17.5 Å². The molecule has 0 heterocycles. The average molecular weight is 295 g/mol. The molecule has 108 valence electrons. The first-order chi connectivity index (χ1) is 9.27. The lowest BCUT2D eigenvalue weighted by atomic mass is 10.2. The summed E-state index contributed by atoms with van der Waals surface area (Å²) in [5.74, 6) is -0.157. The molecule has 0 aliphatic rings. The van der Waals surface area contributed by atoms with E-state index in [4.69, 9.17) is 5.26 Å². The summed E-state index contributed by atoms with van der Waals surface area (Å²) in [6.07, 6.45) is 0.0865. The van der Waals surface area contributed by atoms with Gasteiger partial charge in [0.05, 0.1) is 16.5 Å². The third-order valence-electron chi connectivity index (χ3n) is 2.74. The molecule has 0 saturated carbocycles. The van der Waals surface area contributed by atoms with E-state index in [1.807, 2.05) is 6.07 Å². The molecule has 6 nitrogen and oxygen atoms in total. The van der Waals surface area contributed by atoms with Gasteiger partial charge in [0.1, 0.15) is 0 Å². The van der Waals surface area contributed by atoms with E-state index in [2.05, 4.69) is 4.72 Å². The fraction of sp³-hybridized carbons (Fsp3) is 0.385. The van der Waals surface area contributed by atoms with Crippen molar-refractivity contribution in [3.05, 3.63) is 29.3 Å². The Hall–Kier alpha value is -1.91. The third kappa shape index (κ3) is 4.05. The Kier molecular flexibility index (Phi) is 5.25. The van der Waals surface area contributed by atoms with E-state index < -0.39 is 10.0 Å². The minimum absolute atomic E-state index is 0.0234. The van der Waals surface area contributed by atoms with Crippen molar-refractivity contribution in [2.75, 3.05) is 20.6 Å². The summed E-state index contributed by atoms with van der Waals surface area (Å²) < 4.78 is 26.6. The summed E-state index contributed by atoms with van der Waals surface area (Å²) in [4.78, 5) is 12.8. The van der Waals surface area contributed by atoms with Crippen molar-refractivity contribution in [3.63, 3.8) is 0 Å². The fourth-order valence-corrected chi connectivity index (χ4v) is 2.85. The van der Waals surface area contributed by atoms with Crippen LogP contribution in [0.5, 0.6) is 0 Å². The second kappa shape index (κ2) is 6.50. The minimum atomic E-state index is -3.72. The molecule has 0 bridgehead atoms. The highest BCUT2D eigenvalue weighted by Crippen LogP contribution is 2.16. The number of nitrogens with one attached hydrogen (secondary N) is 1. The number of sulfonamides is 1. The van der Waals surface area contributed by atoms with Gasteiger partial charge in [-0.25, -0.2) is 13.1 Å². The number of carbonyl (C=O) groups excluding carboxylic acids is 1. The van der Waals surface area contributed by atoms with Crippen LogP contribution < -0.4 is 4.72 Å². The monoisotopic (exact) mass is 295 g/mol. The molecule has 1 aromatic rings. The maximum absolute atomic E-state index is 12.1. The van der Waals surface area contributed by atoms with Gasteiger partial charge in [-0.2, -0.15) is 5.26 Å². The van der Waals surface area contributed by atoms with Gasteiger partial charge in [0.15, 0.2) is 0 Å². The fourth-order valence-electron chi connectivity index (χ4n) is 1.55. The maximum Gasteiger partial charge on any atom is 0.240 e. The van der Waals surface area contributed by atoms with Gasteiger partial charge in [-0.1, -0.05) is 6.07 Å². The van der Waals surface area contributed by atoms with Crippen LogP contribution in [-0.2, 0) is 14.8 Å². The molecule has 0 aromatic heterocycles. The molecule has 1 amide bonds. The summed E-state index contributed by atoms with van der Waals surface area (Å²) in [5.41, 5.74) is 0.829. The number of nitrogens with zero attached hydrogens (tertiary/aromatic N) is 2. The van der Waals surface area contributed by atoms with Crippen LogP contribution in [-0.4, -0.2) is 39.9 Å². The highest BCUT2D eigenvalue weighted by molar-refractivity contribution is 7.89. The second-order valence-corrected chi connectivity index (χ2v) is 6.26. The number of nitriles is 1. The van der Waals surface area contributed by atoms with Gasteiger partial charge in [-0.3, -0.25) is 4.79 Å². The molecule has 0 saturated heterocycles. The van der Waals surface area contributed by atoms with Gasteiger partial charge in [-0.05, 0) is 24.6 Å². The first-order valence-electron chi connectivity index (χ1n) is 5.98. The van der Waals surface area contributed by atoms with Gasteiger partial charge >= 0.3 is 0 Å². The van der Waals surface area contributed by atoms with Crippen LogP contribution in [0.3, 0.4) is 0 Å². The van der Waals surface area contributed by atoms with Crippen molar-refractivity contribution >= 4 is 15.9 Å². The number of rotatable bonds is 5. The third-order valence-corrected chi connectivity index (χ3v) is 4.34. The molecular formula is C13H17N3O3S. The first kappa shape index (κ1) is 16.1. The van der Waals surface area contributed by atoms with Gasteiger partial charge in [0, 0.05) is 27.1 Å². The smallest absolute Gasteiger partial charge is 0.240 e. The zero-order valence-corrected chi connectivity index (χ0v) is 12.5. The Balaban J connectivity index is 2.85. The summed E-state index contributed by atoms with van der Waals surface area (Å²) in [6, 6.07) is 6.37. The summed E-state index contributed by atoms with van der Waals surface area (Å²) >= 11 is 0. The SMILES string of the molecule is Cc1ccc(C#N)cc1S(=O)(=O)NCCC(=O)N(C)C. The van der Waals surface area contributed by atoms with Crippen molar-refractivity contribution in [2.45, 2.75) is 18.2 Å². The molecule has 0 spiro atoms. The topological polar surface area (TPSA) is 90.3 Å². The van der Waals surface area contributed by atoms with E-state index in [1.165, 1.54) is 11.0 Å². The molecule has 0 atom stereocenters. The first-order valence-corrected chi connectivity index (χ1v) is 7.47. The number of hydrogen-bond donors (Lipinski definition) is 1. The number of aryl methyl sites for hydroxylation is 1. The van der Waals surface area contributed by atoms with E-state index in [0.717, 1.165) is 0 Å². The largest absolute Gasteiger partial charge is 0.349 e. The Morgan fingerprint density at radius 1 is 1.40 bits per heavy atom. The van der Waals surface area contributed by atoms with Crippen molar-refractivity contribution in [1.29, 1.82) is 5.26 Å². The number of hydrogen-bond acceptors (Lipinski definition) is 4. The van der Waals surface area contributed by atoms with Gasteiger partial charge in [0.25, 0.3) is 0 Å². The summed E-state index contributed by atoms with van der Waals surface area (Å²) in [5, 5.41) is 8.81. The van der Waals surface area contributed by atoms with Crippen LogP contribution in [0.2, 0.25) is 0 Å². The van der Waals surface area contributed by atoms with Crippen molar-refractivity contribution in [1.82, 2.24) is 9.62 Å². The van der Waals surface area contributed by atoms with Gasteiger partial charge in [0.2, 0.25) is 15.9 Å². The molecule has 0 radical (unpaired) electrons. The van der Waals surface area contributed by atoms with Crippen molar-refractivity contribution < 1.29 is 13.2 Å². The predicted octanol–water partition coefficient (Wildman–Crippen LogP) is 0.623. The van der Waals surface area contributed by atoms with Crippen LogP contribution in [0.15, 0.2) is 23.1 Å². The average Bonchev–Trinajstić information content (AvgIpc) is 2.38. The summed E-state index contributed by atoms with van der Waals surface area (Å²) in [6.45, 7) is 1.68. The molecule has 7 heteroatoms. The lowest BCUT2D eigenvalue weighted by Crippen LogP contribution is -2.30. The Morgan fingerprint density at radius 2 is 2.05 bits per heavy atom. The van der Waals surface area contributed by atoms with E-state index in [-0.39, 0.29) is 29.3 Å². The number of benzene rings is 1. The molecule has 0 unspecified atom stereocenters. The van der Waals surface area contributed by atoms with Crippen LogP contribution in [0.4, 0.5) is 0 Å². The molecular weight excluding hydrogens is 278 g/mol. The highest BCUT2D eigenvalue weighted by Gasteiger charge is 2.17.